The normalized spacial score (nSPS) is 16.0. The van der Waals surface area contributed by atoms with Crippen LogP contribution in [0.5, 0.6) is 0 Å². The van der Waals surface area contributed by atoms with Crippen molar-refractivity contribution < 1.29 is 13.3 Å². The van der Waals surface area contributed by atoms with E-state index < -0.39 is 14.9 Å². The average molecular weight is 382 g/mol. The molecular formula is C16H16ClN3O4S. The van der Waals surface area contributed by atoms with Crippen molar-refractivity contribution in [3.05, 3.63) is 63.7 Å². The zero-order valence-electron chi connectivity index (χ0n) is 13.2. The molecule has 1 saturated heterocycles. The van der Waals surface area contributed by atoms with Crippen LogP contribution < -0.4 is 4.90 Å². The van der Waals surface area contributed by atoms with E-state index in [4.69, 9.17) is 11.6 Å². The van der Waals surface area contributed by atoms with Crippen LogP contribution in [0.15, 0.2) is 53.4 Å². The molecule has 0 aromatic heterocycles. The maximum atomic E-state index is 12.6. The van der Waals surface area contributed by atoms with E-state index in [0.717, 1.165) is 0 Å². The second-order valence-corrected chi connectivity index (χ2v) is 7.91. The predicted octanol–water partition coefficient (Wildman–Crippen LogP) is 2.76. The highest BCUT2D eigenvalue weighted by atomic mass is 35.5. The van der Waals surface area contributed by atoms with Gasteiger partial charge in [0.05, 0.1) is 14.8 Å². The average Bonchev–Trinajstić information content (AvgIpc) is 2.62. The van der Waals surface area contributed by atoms with Gasteiger partial charge in [-0.3, -0.25) is 10.1 Å². The van der Waals surface area contributed by atoms with Gasteiger partial charge in [-0.15, -0.1) is 0 Å². The van der Waals surface area contributed by atoms with Crippen LogP contribution in [0.1, 0.15) is 0 Å². The molecule has 1 aliphatic heterocycles. The Bertz CT molecular complexity index is 882. The number of hydrogen-bond acceptors (Lipinski definition) is 5. The van der Waals surface area contributed by atoms with E-state index in [9.17, 15) is 18.5 Å². The Balaban J connectivity index is 1.81. The Morgan fingerprint density at radius 2 is 1.60 bits per heavy atom. The molecular weight excluding hydrogens is 366 g/mol. The zero-order valence-corrected chi connectivity index (χ0v) is 14.8. The number of para-hydroxylation sites is 1. The van der Waals surface area contributed by atoms with Crippen molar-refractivity contribution in [2.45, 2.75) is 4.90 Å². The SMILES string of the molecule is O=[N+]([O-])c1cccc(Cl)c1N1CCN(S(=O)(=O)c2ccccc2)CC1. The van der Waals surface area contributed by atoms with Crippen molar-refractivity contribution in [1.29, 1.82) is 0 Å². The van der Waals surface area contributed by atoms with Gasteiger partial charge >= 0.3 is 0 Å². The smallest absolute Gasteiger partial charge is 0.294 e. The lowest BCUT2D eigenvalue weighted by Crippen LogP contribution is -2.48. The first-order valence-electron chi connectivity index (χ1n) is 7.64. The van der Waals surface area contributed by atoms with Gasteiger partial charge in [-0.05, 0) is 18.2 Å². The van der Waals surface area contributed by atoms with Crippen molar-refractivity contribution in [3.63, 3.8) is 0 Å². The van der Waals surface area contributed by atoms with Gasteiger partial charge in [0.2, 0.25) is 10.0 Å². The van der Waals surface area contributed by atoms with Crippen molar-refractivity contribution >= 4 is 33.0 Å². The number of nitrogens with zero attached hydrogens (tertiary/aromatic N) is 3. The number of halogens is 1. The van der Waals surface area contributed by atoms with E-state index in [1.807, 2.05) is 0 Å². The molecule has 0 radical (unpaired) electrons. The third-order valence-electron chi connectivity index (χ3n) is 4.10. The van der Waals surface area contributed by atoms with Crippen molar-refractivity contribution in [1.82, 2.24) is 4.31 Å². The Morgan fingerprint density at radius 1 is 0.960 bits per heavy atom. The first-order chi connectivity index (χ1) is 11.9. The van der Waals surface area contributed by atoms with E-state index in [1.165, 1.54) is 16.4 Å². The number of piperazine rings is 1. The number of hydrogen-bond donors (Lipinski definition) is 0. The molecule has 2 aromatic carbocycles. The Morgan fingerprint density at radius 3 is 2.20 bits per heavy atom. The molecule has 1 aliphatic rings. The van der Waals surface area contributed by atoms with Gasteiger partial charge < -0.3 is 4.90 Å². The maximum absolute atomic E-state index is 12.6. The van der Waals surface area contributed by atoms with Crippen molar-refractivity contribution in [2.24, 2.45) is 0 Å². The molecule has 7 nitrogen and oxygen atoms in total. The van der Waals surface area contributed by atoms with Crippen LogP contribution in [0.4, 0.5) is 11.4 Å². The summed E-state index contributed by atoms with van der Waals surface area (Å²) >= 11 is 6.15. The summed E-state index contributed by atoms with van der Waals surface area (Å²) < 4.78 is 26.7. The van der Waals surface area contributed by atoms with E-state index in [-0.39, 0.29) is 28.7 Å². The van der Waals surface area contributed by atoms with Crippen LogP contribution >= 0.6 is 11.6 Å². The summed E-state index contributed by atoms with van der Waals surface area (Å²) in [7, 11) is -3.56. The molecule has 0 bridgehead atoms. The summed E-state index contributed by atoms with van der Waals surface area (Å²) in [6.07, 6.45) is 0. The highest BCUT2D eigenvalue weighted by Crippen LogP contribution is 2.36. The lowest BCUT2D eigenvalue weighted by atomic mass is 10.2. The molecule has 0 amide bonds. The number of benzene rings is 2. The standard InChI is InChI=1S/C16H16ClN3O4S/c17-14-7-4-8-15(20(21)22)16(14)18-9-11-19(12-10-18)25(23,24)13-5-2-1-3-6-13/h1-8H,9-12H2. The first kappa shape index (κ1) is 17.7. The fourth-order valence-corrected chi connectivity index (χ4v) is 4.59. The first-order valence-corrected chi connectivity index (χ1v) is 9.46. The molecule has 3 rings (SSSR count). The molecule has 0 atom stereocenters. The lowest BCUT2D eigenvalue weighted by molar-refractivity contribution is -0.384. The molecule has 2 aromatic rings. The highest BCUT2D eigenvalue weighted by Gasteiger charge is 2.31. The zero-order chi connectivity index (χ0) is 18.0. The predicted molar refractivity (Wildman–Crippen MR) is 95.5 cm³/mol. The van der Waals surface area contributed by atoms with E-state index >= 15 is 0 Å². The number of nitro groups is 1. The Labute approximate surface area is 150 Å². The van der Waals surface area contributed by atoms with Crippen LogP contribution in [-0.4, -0.2) is 43.8 Å². The second-order valence-electron chi connectivity index (χ2n) is 5.57. The number of nitro benzene ring substituents is 1. The van der Waals surface area contributed by atoms with E-state index in [1.54, 1.807) is 41.3 Å². The lowest BCUT2D eigenvalue weighted by Gasteiger charge is -2.35. The molecule has 9 heteroatoms. The van der Waals surface area contributed by atoms with Gasteiger partial charge in [-0.2, -0.15) is 4.31 Å². The largest absolute Gasteiger partial charge is 0.362 e. The topological polar surface area (TPSA) is 83.8 Å². The monoisotopic (exact) mass is 381 g/mol. The molecule has 132 valence electrons. The van der Waals surface area contributed by atoms with Gasteiger partial charge in [-0.1, -0.05) is 35.9 Å². The molecule has 1 fully saturated rings. The van der Waals surface area contributed by atoms with Gasteiger partial charge in [0, 0.05) is 32.2 Å². The van der Waals surface area contributed by atoms with Crippen molar-refractivity contribution in [3.8, 4) is 0 Å². The van der Waals surface area contributed by atoms with Crippen molar-refractivity contribution in [2.75, 3.05) is 31.1 Å². The number of anilines is 1. The summed E-state index contributed by atoms with van der Waals surface area (Å²) in [4.78, 5) is 12.8. The van der Waals surface area contributed by atoms with Crippen LogP contribution in [-0.2, 0) is 10.0 Å². The number of rotatable bonds is 4. The minimum absolute atomic E-state index is 0.0770. The summed E-state index contributed by atoms with van der Waals surface area (Å²) in [5, 5.41) is 11.5. The molecule has 0 aliphatic carbocycles. The summed E-state index contributed by atoms with van der Waals surface area (Å²) in [6, 6.07) is 12.7. The number of sulfonamides is 1. The Kier molecular flexibility index (Phi) is 4.94. The van der Waals surface area contributed by atoms with Crippen LogP contribution in [0.3, 0.4) is 0 Å². The minimum atomic E-state index is -3.56. The third-order valence-corrected chi connectivity index (χ3v) is 6.32. The molecule has 0 N–H and O–H groups in total. The van der Waals surface area contributed by atoms with Gasteiger partial charge in [-0.25, -0.2) is 8.42 Å². The molecule has 0 spiro atoms. The fraction of sp³-hybridized carbons (Fsp3) is 0.250. The summed E-state index contributed by atoms with van der Waals surface area (Å²) in [5.74, 6) is 0. The highest BCUT2D eigenvalue weighted by molar-refractivity contribution is 7.89. The summed E-state index contributed by atoms with van der Waals surface area (Å²) in [5.41, 5.74) is 0.262. The molecule has 0 unspecified atom stereocenters. The minimum Gasteiger partial charge on any atom is -0.362 e. The maximum Gasteiger partial charge on any atom is 0.294 e. The molecule has 0 saturated carbocycles. The van der Waals surface area contributed by atoms with Crippen LogP contribution in [0.25, 0.3) is 0 Å². The van der Waals surface area contributed by atoms with E-state index in [0.29, 0.717) is 18.8 Å². The van der Waals surface area contributed by atoms with Gasteiger partial charge in [0.1, 0.15) is 5.69 Å². The van der Waals surface area contributed by atoms with Gasteiger partial charge in [0.15, 0.2) is 0 Å². The molecule has 25 heavy (non-hydrogen) atoms. The summed E-state index contributed by atoms with van der Waals surface area (Å²) in [6.45, 7) is 1.13. The molecule has 1 heterocycles. The van der Waals surface area contributed by atoms with Crippen LogP contribution in [0, 0.1) is 10.1 Å². The van der Waals surface area contributed by atoms with E-state index in [2.05, 4.69) is 0 Å². The van der Waals surface area contributed by atoms with Crippen LogP contribution in [0.2, 0.25) is 5.02 Å². The quantitative estimate of drug-likeness (QED) is 0.600. The Hall–Kier alpha value is -2.16. The van der Waals surface area contributed by atoms with Gasteiger partial charge in [0.25, 0.3) is 5.69 Å². The third kappa shape index (κ3) is 3.46. The fourth-order valence-electron chi connectivity index (χ4n) is 2.86. The second kappa shape index (κ2) is 6.99.